The van der Waals surface area contributed by atoms with Crippen LogP contribution in [0.1, 0.15) is 29.6 Å². The number of nitrogens with zero attached hydrogens (tertiary/aromatic N) is 3. The predicted octanol–water partition coefficient (Wildman–Crippen LogP) is 3.16. The number of hydrogen-bond donors (Lipinski definition) is 1. The molecule has 1 fully saturated rings. The number of sulfonamides is 1. The van der Waals surface area contributed by atoms with Gasteiger partial charge >= 0.3 is 0 Å². The standard InChI is InChI=1S/C20H20N4O4S/c25-19(15-4-6-16(7-5-15)20-23-21-14-28-20)22-17-8-10-18(11-9-17)29(26,27)24-12-2-1-3-13-24/h4-11,14H,1-3,12-13H2,(H,22,25). The number of rotatable bonds is 5. The van der Waals surface area contributed by atoms with Crippen LogP contribution in [0.3, 0.4) is 0 Å². The molecule has 1 aliphatic heterocycles. The quantitative estimate of drug-likeness (QED) is 0.690. The van der Waals surface area contributed by atoms with Gasteiger partial charge in [0.2, 0.25) is 22.3 Å². The van der Waals surface area contributed by atoms with Gasteiger partial charge < -0.3 is 9.73 Å². The average molecular weight is 412 g/mol. The number of carbonyl (C=O) groups is 1. The van der Waals surface area contributed by atoms with E-state index in [1.165, 1.54) is 22.8 Å². The van der Waals surface area contributed by atoms with Gasteiger partial charge in [0.15, 0.2) is 0 Å². The van der Waals surface area contributed by atoms with Crippen LogP contribution in [-0.4, -0.2) is 41.9 Å². The third-order valence-corrected chi connectivity index (χ3v) is 6.73. The Balaban J connectivity index is 1.44. The van der Waals surface area contributed by atoms with Crippen LogP contribution >= 0.6 is 0 Å². The van der Waals surface area contributed by atoms with Crippen molar-refractivity contribution < 1.29 is 17.6 Å². The van der Waals surface area contributed by atoms with Gasteiger partial charge in [-0.3, -0.25) is 4.79 Å². The first kappa shape index (κ1) is 19.3. The third-order valence-electron chi connectivity index (χ3n) is 4.82. The molecular formula is C20H20N4O4S. The van der Waals surface area contributed by atoms with E-state index in [0.29, 0.717) is 35.8 Å². The Bertz CT molecular complexity index is 1070. The lowest BCUT2D eigenvalue weighted by atomic mass is 10.1. The zero-order valence-corrected chi connectivity index (χ0v) is 16.4. The van der Waals surface area contributed by atoms with Gasteiger partial charge in [0, 0.05) is 29.9 Å². The van der Waals surface area contributed by atoms with Gasteiger partial charge in [-0.25, -0.2) is 8.42 Å². The molecule has 0 saturated carbocycles. The van der Waals surface area contributed by atoms with Crippen molar-refractivity contribution >= 4 is 21.6 Å². The Kier molecular flexibility index (Phi) is 5.41. The van der Waals surface area contributed by atoms with E-state index >= 15 is 0 Å². The van der Waals surface area contributed by atoms with Gasteiger partial charge in [-0.05, 0) is 61.4 Å². The summed E-state index contributed by atoms with van der Waals surface area (Å²) in [6.07, 6.45) is 4.08. The fourth-order valence-corrected chi connectivity index (χ4v) is 4.75. The minimum absolute atomic E-state index is 0.237. The number of nitrogens with one attached hydrogen (secondary N) is 1. The monoisotopic (exact) mass is 412 g/mol. The number of amides is 1. The van der Waals surface area contributed by atoms with Gasteiger partial charge in [-0.1, -0.05) is 6.42 Å². The summed E-state index contributed by atoms with van der Waals surface area (Å²) in [6.45, 7) is 1.11. The summed E-state index contributed by atoms with van der Waals surface area (Å²) in [6, 6.07) is 13.0. The minimum atomic E-state index is -3.49. The number of hydrogen-bond acceptors (Lipinski definition) is 6. The van der Waals surface area contributed by atoms with Crippen LogP contribution in [0.25, 0.3) is 11.5 Å². The molecule has 4 rings (SSSR count). The van der Waals surface area contributed by atoms with Gasteiger partial charge in [0.25, 0.3) is 5.91 Å². The Morgan fingerprint density at radius 3 is 2.28 bits per heavy atom. The number of carbonyl (C=O) groups excluding carboxylic acids is 1. The lowest BCUT2D eigenvalue weighted by Gasteiger charge is -2.25. The molecule has 8 nitrogen and oxygen atoms in total. The maximum absolute atomic E-state index is 12.7. The van der Waals surface area contributed by atoms with E-state index in [-0.39, 0.29) is 10.8 Å². The fourth-order valence-electron chi connectivity index (χ4n) is 3.23. The molecule has 0 atom stereocenters. The molecule has 0 radical (unpaired) electrons. The zero-order valence-electron chi connectivity index (χ0n) is 15.6. The normalized spacial score (nSPS) is 15.2. The summed E-state index contributed by atoms with van der Waals surface area (Å²) in [5, 5.41) is 10.2. The Morgan fingerprint density at radius 2 is 1.66 bits per heavy atom. The van der Waals surface area contributed by atoms with Crippen molar-refractivity contribution in [2.45, 2.75) is 24.2 Å². The summed E-state index contributed by atoms with van der Waals surface area (Å²) in [7, 11) is -3.49. The van der Waals surface area contributed by atoms with Crippen molar-refractivity contribution in [3.63, 3.8) is 0 Å². The number of benzene rings is 2. The summed E-state index contributed by atoms with van der Waals surface area (Å²) in [4.78, 5) is 12.7. The average Bonchev–Trinajstić information content (AvgIpc) is 3.30. The molecule has 1 amide bonds. The van der Waals surface area contributed by atoms with E-state index in [1.54, 1.807) is 36.4 Å². The van der Waals surface area contributed by atoms with Gasteiger partial charge in [-0.15, -0.1) is 10.2 Å². The van der Waals surface area contributed by atoms with Crippen molar-refractivity contribution in [3.05, 3.63) is 60.5 Å². The highest BCUT2D eigenvalue weighted by Gasteiger charge is 2.25. The van der Waals surface area contributed by atoms with Crippen LogP contribution in [0.5, 0.6) is 0 Å². The van der Waals surface area contributed by atoms with E-state index in [4.69, 9.17) is 4.42 Å². The van der Waals surface area contributed by atoms with Crippen molar-refractivity contribution in [2.75, 3.05) is 18.4 Å². The number of aromatic nitrogens is 2. The van der Waals surface area contributed by atoms with Crippen molar-refractivity contribution in [1.82, 2.24) is 14.5 Å². The third kappa shape index (κ3) is 4.20. The molecule has 1 saturated heterocycles. The van der Waals surface area contributed by atoms with Crippen LogP contribution in [0.15, 0.2) is 64.2 Å². The highest BCUT2D eigenvalue weighted by molar-refractivity contribution is 7.89. The van der Waals surface area contributed by atoms with E-state index in [1.807, 2.05) is 0 Å². The van der Waals surface area contributed by atoms with E-state index in [2.05, 4.69) is 15.5 Å². The number of anilines is 1. The van der Waals surface area contributed by atoms with E-state index in [9.17, 15) is 13.2 Å². The van der Waals surface area contributed by atoms with Crippen LogP contribution in [0.4, 0.5) is 5.69 Å². The second-order valence-corrected chi connectivity index (χ2v) is 8.70. The smallest absolute Gasteiger partial charge is 0.255 e. The van der Waals surface area contributed by atoms with E-state index in [0.717, 1.165) is 19.3 Å². The molecule has 0 unspecified atom stereocenters. The molecule has 1 aromatic heterocycles. The maximum atomic E-state index is 12.7. The van der Waals surface area contributed by atoms with Crippen LogP contribution in [0.2, 0.25) is 0 Å². The molecule has 1 N–H and O–H groups in total. The summed E-state index contributed by atoms with van der Waals surface area (Å²) in [5.41, 5.74) is 1.69. The maximum Gasteiger partial charge on any atom is 0.255 e. The minimum Gasteiger partial charge on any atom is -0.423 e. The summed E-state index contributed by atoms with van der Waals surface area (Å²) >= 11 is 0. The lowest BCUT2D eigenvalue weighted by Crippen LogP contribution is -2.35. The van der Waals surface area contributed by atoms with Crippen LogP contribution in [-0.2, 0) is 10.0 Å². The van der Waals surface area contributed by atoms with Crippen molar-refractivity contribution in [3.8, 4) is 11.5 Å². The number of piperidine rings is 1. The van der Waals surface area contributed by atoms with Gasteiger partial charge in [0.05, 0.1) is 4.90 Å². The SMILES string of the molecule is O=C(Nc1ccc(S(=O)(=O)N2CCCCC2)cc1)c1ccc(-c2nnco2)cc1. The summed E-state index contributed by atoms with van der Waals surface area (Å²) in [5.74, 6) is 0.0798. The lowest BCUT2D eigenvalue weighted by molar-refractivity contribution is 0.102. The molecule has 0 aliphatic carbocycles. The zero-order chi connectivity index (χ0) is 20.3. The predicted molar refractivity (Wildman–Crippen MR) is 107 cm³/mol. The van der Waals surface area contributed by atoms with Crippen molar-refractivity contribution in [1.29, 1.82) is 0 Å². The fraction of sp³-hybridized carbons (Fsp3) is 0.250. The molecule has 0 spiro atoms. The molecule has 1 aliphatic rings. The summed E-state index contributed by atoms with van der Waals surface area (Å²) < 4.78 is 32.0. The molecule has 2 heterocycles. The molecule has 0 bridgehead atoms. The van der Waals surface area contributed by atoms with Gasteiger partial charge in [0.1, 0.15) is 0 Å². The van der Waals surface area contributed by atoms with Crippen LogP contribution < -0.4 is 5.32 Å². The molecule has 29 heavy (non-hydrogen) atoms. The largest absolute Gasteiger partial charge is 0.423 e. The first-order valence-corrected chi connectivity index (χ1v) is 10.8. The van der Waals surface area contributed by atoms with Gasteiger partial charge in [-0.2, -0.15) is 4.31 Å². The molecule has 9 heteroatoms. The molecule has 2 aromatic carbocycles. The highest BCUT2D eigenvalue weighted by Crippen LogP contribution is 2.22. The molecular weight excluding hydrogens is 392 g/mol. The van der Waals surface area contributed by atoms with E-state index < -0.39 is 10.0 Å². The van der Waals surface area contributed by atoms with Crippen molar-refractivity contribution in [2.24, 2.45) is 0 Å². The Labute approximate surface area is 168 Å². The Hall–Kier alpha value is -3.04. The second-order valence-electron chi connectivity index (χ2n) is 6.76. The second kappa shape index (κ2) is 8.14. The molecule has 3 aromatic rings. The highest BCUT2D eigenvalue weighted by atomic mass is 32.2. The topological polar surface area (TPSA) is 105 Å². The Morgan fingerprint density at radius 1 is 0.966 bits per heavy atom. The van der Waals surface area contributed by atoms with Crippen LogP contribution in [0, 0.1) is 0 Å². The molecule has 150 valence electrons. The first-order valence-electron chi connectivity index (χ1n) is 9.32. The first-order chi connectivity index (χ1) is 14.0.